The molecule has 2 aliphatic heterocycles. The zero-order valence-corrected chi connectivity index (χ0v) is 14.1. The second kappa shape index (κ2) is 7.55. The van der Waals surface area contributed by atoms with Crippen molar-refractivity contribution < 1.29 is 19.5 Å². The lowest BCUT2D eigenvalue weighted by molar-refractivity contribution is -0.143. The minimum Gasteiger partial charge on any atom is -0.481 e. The Kier molecular flexibility index (Phi) is 5.21. The Morgan fingerprint density at radius 2 is 1.92 bits per heavy atom. The Labute approximate surface area is 146 Å². The number of benzene rings is 1. The van der Waals surface area contributed by atoms with Crippen molar-refractivity contribution in [3.05, 3.63) is 35.9 Å². The number of carboxylic acid groups (broad SMARTS) is 1. The molecule has 2 N–H and O–H groups in total. The molecular weight excluding hydrogens is 322 g/mol. The molecule has 2 unspecified atom stereocenters. The number of piperidine rings is 1. The molecule has 25 heavy (non-hydrogen) atoms. The maximum atomic E-state index is 12.5. The number of carbonyl (C=O) groups is 3. The fourth-order valence-electron chi connectivity index (χ4n) is 3.44. The van der Waals surface area contributed by atoms with Crippen molar-refractivity contribution >= 4 is 17.9 Å². The third-order valence-corrected chi connectivity index (χ3v) is 4.87. The average Bonchev–Trinajstić information content (AvgIpc) is 2.96. The lowest BCUT2D eigenvalue weighted by Crippen LogP contribution is -2.51. The fraction of sp³-hybridized carbons (Fsp3) is 0.500. The van der Waals surface area contributed by atoms with Gasteiger partial charge in [0.1, 0.15) is 6.04 Å². The van der Waals surface area contributed by atoms with Crippen molar-refractivity contribution in [2.45, 2.75) is 31.8 Å². The zero-order chi connectivity index (χ0) is 17.8. The van der Waals surface area contributed by atoms with E-state index < -0.39 is 17.9 Å². The predicted molar refractivity (Wildman–Crippen MR) is 90.7 cm³/mol. The van der Waals surface area contributed by atoms with E-state index in [4.69, 9.17) is 5.11 Å². The minimum atomic E-state index is -0.872. The van der Waals surface area contributed by atoms with Crippen molar-refractivity contribution in [1.82, 2.24) is 15.1 Å². The van der Waals surface area contributed by atoms with Crippen LogP contribution in [-0.2, 0) is 16.1 Å². The number of nitrogens with one attached hydrogen (secondary N) is 1. The number of nitrogens with zero attached hydrogens (tertiary/aromatic N) is 2. The highest BCUT2D eigenvalue weighted by Crippen LogP contribution is 2.18. The van der Waals surface area contributed by atoms with Crippen LogP contribution < -0.4 is 5.32 Å². The van der Waals surface area contributed by atoms with Gasteiger partial charge in [-0.25, -0.2) is 4.79 Å². The van der Waals surface area contributed by atoms with Gasteiger partial charge in [-0.1, -0.05) is 30.3 Å². The molecule has 0 bridgehead atoms. The molecule has 0 aliphatic carbocycles. The average molecular weight is 345 g/mol. The van der Waals surface area contributed by atoms with Crippen molar-refractivity contribution in [1.29, 1.82) is 0 Å². The molecule has 2 aliphatic rings. The van der Waals surface area contributed by atoms with Crippen molar-refractivity contribution in [2.75, 3.05) is 19.6 Å². The summed E-state index contributed by atoms with van der Waals surface area (Å²) < 4.78 is 0. The van der Waals surface area contributed by atoms with E-state index in [0.29, 0.717) is 38.9 Å². The first-order valence-electron chi connectivity index (χ1n) is 8.65. The van der Waals surface area contributed by atoms with Gasteiger partial charge >= 0.3 is 12.0 Å². The summed E-state index contributed by atoms with van der Waals surface area (Å²) in [5.74, 6) is -1.47. The number of carboxylic acids is 1. The van der Waals surface area contributed by atoms with E-state index in [0.717, 1.165) is 5.56 Å². The first-order valence-corrected chi connectivity index (χ1v) is 8.65. The molecular formula is C18H23N3O4. The number of rotatable bonds is 4. The van der Waals surface area contributed by atoms with Gasteiger partial charge in [-0.2, -0.15) is 0 Å². The van der Waals surface area contributed by atoms with Crippen LogP contribution in [0.25, 0.3) is 0 Å². The normalized spacial score (nSPS) is 23.6. The SMILES string of the molecule is O=C(O)C1CCCN(C(=O)NC2CCN(Cc3ccccc3)C2=O)C1. The molecule has 2 fully saturated rings. The van der Waals surface area contributed by atoms with Crippen LogP contribution in [-0.4, -0.2) is 58.5 Å². The topological polar surface area (TPSA) is 89.9 Å². The summed E-state index contributed by atoms with van der Waals surface area (Å²) in [7, 11) is 0. The van der Waals surface area contributed by atoms with E-state index in [1.807, 2.05) is 30.3 Å². The van der Waals surface area contributed by atoms with E-state index in [1.165, 1.54) is 4.90 Å². The molecule has 2 heterocycles. The van der Waals surface area contributed by atoms with Crippen LogP contribution in [0, 0.1) is 5.92 Å². The largest absolute Gasteiger partial charge is 0.481 e. The monoisotopic (exact) mass is 345 g/mol. The smallest absolute Gasteiger partial charge is 0.318 e. The van der Waals surface area contributed by atoms with Gasteiger partial charge in [0.15, 0.2) is 0 Å². The van der Waals surface area contributed by atoms with Gasteiger partial charge in [0.2, 0.25) is 5.91 Å². The molecule has 1 aromatic carbocycles. The standard InChI is InChI=1S/C18H23N3O4/c22-16-15(8-10-20(16)11-13-5-2-1-3-6-13)19-18(25)21-9-4-7-14(12-21)17(23)24/h1-3,5-6,14-15H,4,7-12H2,(H,19,25)(H,23,24). The van der Waals surface area contributed by atoms with Crippen LogP contribution in [0.4, 0.5) is 4.79 Å². The van der Waals surface area contributed by atoms with Gasteiger partial charge in [-0.05, 0) is 24.8 Å². The summed E-state index contributed by atoms with van der Waals surface area (Å²) in [6.45, 7) is 1.88. The summed E-state index contributed by atoms with van der Waals surface area (Å²) in [4.78, 5) is 39.3. The predicted octanol–water partition coefficient (Wildman–Crippen LogP) is 1.29. The van der Waals surface area contributed by atoms with Crippen LogP contribution in [0.15, 0.2) is 30.3 Å². The molecule has 2 atom stereocenters. The number of carbonyl (C=O) groups excluding carboxylic acids is 2. The molecule has 134 valence electrons. The van der Waals surface area contributed by atoms with Crippen LogP contribution in [0.3, 0.4) is 0 Å². The van der Waals surface area contributed by atoms with Crippen LogP contribution >= 0.6 is 0 Å². The maximum Gasteiger partial charge on any atom is 0.318 e. The quantitative estimate of drug-likeness (QED) is 0.860. The lowest BCUT2D eigenvalue weighted by atomic mass is 9.99. The number of likely N-dealkylation sites (tertiary alicyclic amines) is 2. The third-order valence-electron chi connectivity index (χ3n) is 4.87. The molecule has 3 rings (SSSR count). The summed E-state index contributed by atoms with van der Waals surface area (Å²) in [5.41, 5.74) is 1.06. The molecule has 0 aromatic heterocycles. The fourth-order valence-corrected chi connectivity index (χ4v) is 3.44. The Balaban J connectivity index is 1.54. The molecule has 1 aromatic rings. The Morgan fingerprint density at radius 3 is 2.64 bits per heavy atom. The second-order valence-corrected chi connectivity index (χ2v) is 6.66. The molecule has 0 spiro atoms. The van der Waals surface area contributed by atoms with Gasteiger partial charge in [0, 0.05) is 26.2 Å². The van der Waals surface area contributed by atoms with E-state index >= 15 is 0 Å². The van der Waals surface area contributed by atoms with E-state index in [1.54, 1.807) is 4.90 Å². The van der Waals surface area contributed by atoms with Crippen molar-refractivity contribution in [3.63, 3.8) is 0 Å². The summed E-state index contributed by atoms with van der Waals surface area (Å²) in [5, 5.41) is 11.9. The number of urea groups is 1. The van der Waals surface area contributed by atoms with Gasteiger partial charge in [0.05, 0.1) is 5.92 Å². The molecule has 7 nitrogen and oxygen atoms in total. The highest BCUT2D eigenvalue weighted by Gasteiger charge is 2.35. The van der Waals surface area contributed by atoms with Crippen LogP contribution in [0.1, 0.15) is 24.8 Å². The summed E-state index contributed by atoms with van der Waals surface area (Å²) in [6.07, 6.45) is 1.84. The van der Waals surface area contributed by atoms with E-state index in [-0.39, 0.29) is 18.5 Å². The Bertz CT molecular complexity index is 649. The molecule has 0 saturated carbocycles. The molecule has 7 heteroatoms. The van der Waals surface area contributed by atoms with Gasteiger partial charge in [-0.3, -0.25) is 9.59 Å². The number of aliphatic carboxylic acids is 1. The van der Waals surface area contributed by atoms with Crippen molar-refractivity contribution in [3.8, 4) is 0 Å². The first kappa shape index (κ1) is 17.3. The highest BCUT2D eigenvalue weighted by molar-refractivity contribution is 5.88. The summed E-state index contributed by atoms with van der Waals surface area (Å²) in [6, 6.07) is 8.88. The van der Waals surface area contributed by atoms with Crippen LogP contribution in [0.2, 0.25) is 0 Å². The maximum absolute atomic E-state index is 12.5. The third kappa shape index (κ3) is 4.10. The molecule has 2 saturated heterocycles. The zero-order valence-electron chi connectivity index (χ0n) is 14.1. The van der Waals surface area contributed by atoms with Gasteiger partial charge in [0.25, 0.3) is 0 Å². The molecule has 3 amide bonds. The minimum absolute atomic E-state index is 0.0796. The number of amides is 3. The summed E-state index contributed by atoms with van der Waals surface area (Å²) >= 11 is 0. The molecule has 0 radical (unpaired) electrons. The van der Waals surface area contributed by atoms with E-state index in [2.05, 4.69) is 5.32 Å². The highest BCUT2D eigenvalue weighted by atomic mass is 16.4. The van der Waals surface area contributed by atoms with Crippen molar-refractivity contribution in [2.24, 2.45) is 5.92 Å². The second-order valence-electron chi connectivity index (χ2n) is 6.66. The first-order chi connectivity index (χ1) is 12.0. The Morgan fingerprint density at radius 1 is 1.16 bits per heavy atom. The van der Waals surface area contributed by atoms with Gasteiger partial charge < -0.3 is 20.2 Å². The Hall–Kier alpha value is -2.57. The van der Waals surface area contributed by atoms with E-state index in [9.17, 15) is 14.4 Å². The van der Waals surface area contributed by atoms with Crippen LogP contribution in [0.5, 0.6) is 0 Å². The number of hydrogen-bond acceptors (Lipinski definition) is 3. The van der Waals surface area contributed by atoms with Gasteiger partial charge in [-0.15, -0.1) is 0 Å². The number of hydrogen-bond donors (Lipinski definition) is 2. The lowest BCUT2D eigenvalue weighted by Gasteiger charge is -2.31.